The number of rotatable bonds is 4. The summed E-state index contributed by atoms with van der Waals surface area (Å²) >= 11 is 4.92. The lowest BCUT2D eigenvalue weighted by molar-refractivity contribution is -0.116. The summed E-state index contributed by atoms with van der Waals surface area (Å²) in [5, 5.41) is 5.71. The molecule has 1 aromatic carbocycles. The summed E-state index contributed by atoms with van der Waals surface area (Å²) in [4.78, 5) is 25.3. The van der Waals surface area contributed by atoms with Crippen molar-refractivity contribution >= 4 is 55.0 Å². The molecule has 0 aliphatic heterocycles. The van der Waals surface area contributed by atoms with E-state index in [1.54, 1.807) is 10.6 Å². The van der Waals surface area contributed by atoms with Crippen LogP contribution in [0.25, 0.3) is 10.2 Å². The van der Waals surface area contributed by atoms with E-state index in [2.05, 4.69) is 21.2 Å². The molecule has 0 aliphatic carbocycles. The topological polar surface area (TPSA) is 60.3 Å². The molecule has 3 aromatic rings. The van der Waals surface area contributed by atoms with Gasteiger partial charge in [0.2, 0.25) is 5.91 Å². The van der Waals surface area contributed by atoms with Crippen LogP contribution in [0.5, 0.6) is 0 Å². The molecule has 0 atom stereocenters. The molecule has 3 rings (SSSR count). The Kier molecular flexibility index (Phi) is 4.73. The SMILES string of the molecule is COC(=O)c1cc2ccsc2n1CC(=O)Nc1ccc(C)cc1Br. The van der Waals surface area contributed by atoms with E-state index >= 15 is 0 Å². The normalized spacial score (nSPS) is 10.8. The van der Waals surface area contributed by atoms with Crippen LogP contribution >= 0.6 is 27.3 Å². The van der Waals surface area contributed by atoms with Gasteiger partial charge in [0.1, 0.15) is 17.1 Å². The second-order valence-electron chi connectivity index (χ2n) is 5.32. The first kappa shape index (κ1) is 16.7. The van der Waals surface area contributed by atoms with Crippen molar-refractivity contribution in [2.45, 2.75) is 13.5 Å². The Morgan fingerprint density at radius 1 is 1.29 bits per heavy atom. The summed E-state index contributed by atoms with van der Waals surface area (Å²) in [5.41, 5.74) is 2.16. The minimum atomic E-state index is -0.456. The van der Waals surface area contributed by atoms with Crippen molar-refractivity contribution in [3.63, 3.8) is 0 Å². The lowest BCUT2D eigenvalue weighted by Crippen LogP contribution is -2.21. The minimum absolute atomic E-state index is 0.0365. The molecule has 24 heavy (non-hydrogen) atoms. The van der Waals surface area contributed by atoms with Gasteiger partial charge in [-0.15, -0.1) is 11.3 Å². The van der Waals surface area contributed by atoms with Crippen LogP contribution in [-0.2, 0) is 16.1 Å². The van der Waals surface area contributed by atoms with Crippen molar-refractivity contribution in [1.82, 2.24) is 4.57 Å². The number of carbonyl (C=O) groups is 2. The van der Waals surface area contributed by atoms with Crippen molar-refractivity contribution in [3.05, 3.63) is 51.4 Å². The number of hydrogen-bond donors (Lipinski definition) is 1. The van der Waals surface area contributed by atoms with Crippen LogP contribution in [0.3, 0.4) is 0 Å². The summed E-state index contributed by atoms with van der Waals surface area (Å²) < 4.78 is 7.31. The highest BCUT2D eigenvalue weighted by molar-refractivity contribution is 9.10. The molecule has 124 valence electrons. The molecule has 7 heteroatoms. The third-order valence-corrected chi connectivity index (χ3v) is 5.20. The number of benzene rings is 1. The van der Waals surface area contributed by atoms with Crippen LogP contribution in [0.15, 0.2) is 40.2 Å². The van der Waals surface area contributed by atoms with E-state index in [9.17, 15) is 9.59 Å². The number of esters is 1. The molecular formula is C17H15BrN2O3S. The van der Waals surface area contributed by atoms with E-state index < -0.39 is 5.97 Å². The zero-order valence-electron chi connectivity index (χ0n) is 13.1. The lowest BCUT2D eigenvalue weighted by atomic mass is 10.2. The van der Waals surface area contributed by atoms with Crippen LogP contribution in [0, 0.1) is 6.92 Å². The minimum Gasteiger partial charge on any atom is -0.464 e. The maximum absolute atomic E-state index is 12.4. The number of aromatic nitrogens is 1. The zero-order valence-corrected chi connectivity index (χ0v) is 15.5. The maximum Gasteiger partial charge on any atom is 0.354 e. The molecule has 0 radical (unpaired) electrons. The summed E-state index contributed by atoms with van der Waals surface area (Å²) in [6, 6.07) is 9.36. The van der Waals surface area contributed by atoms with E-state index in [0.29, 0.717) is 11.4 Å². The van der Waals surface area contributed by atoms with Gasteiger partial charge in [-0.2, -0.15) is 0 Å². The van der Waals surface area contributed by atoms with Gasteiger partial charge in [-0.3, -0.25) is 4.79 Å². The molecule has 0 fully saturated rings. The number of anilines is 1. The molecule has 0 unspecified atom stereocenters. The van der Waals surface area contributed by atoms with Gasteiger partial charge in [0.25, 0.3) is 0 Å². The average Bonchev–Trinajstić information content (AvgIpc) is 3.12. The summed E-state index contributed by atoms with van der Waals surface area (Å²) in [6.45, 7) is 2.01. The van der Waals surface area contributed by atoms with Crippen LogP contribution in [0.1, 0.15) is 16.1 Å². The summed E-state index contributed by atoms with van der Waals surface area (Å²) in [6.07, 6.45) is 0. The van der Waals surface area contributed by atoms with E-state index in [1.807, 2.05) is 36.6 Å². The first-order chi connectivity index (χ1) is 11.5. The number of methoxy groups -OCH3 is 1. The first-order valence-electron chi connectivity index (χ1n) is 7.20. The number of carbonyl (C=O) groups excluding carboxylic acids is 2. The lowest BCUT2D eigenvalue weighted by Gasteiger charge is -2.11. The van der Waals surface area contributed by atoms with E-state index in [-0.39, 0.29) is 12.5 Å². The Bertz CT molecular complexity index is 929. The Morgan fingerprint density at radius 3 is 2.79 bits per heavy atom. The highest BCUT2D eigenvalue weighted by Gasteiger charge is 2.19. The Morgan fingerprint density at radius 2 is 2.08 bits per heavy atom. The number of nitrogens with zero attached hydrogens (tertiary/aromatic N) is 1. The third kappa shape index (κ3) is 3.22. The fourth-order valence-corrected chi connectivity index (χ4v) is 3.95. The molecule has 0 saturated heterocycles. The average molecular weight is 407 g/mol. The molecule has 0 spiro atoms. The number of hydrogen-bond acceptors (Lipinski definition) is 4. The largest absolute Gasteiger partial charge is 0.464 e. The summed E-state index contributed by atoms with van der Waals surface area (Å²) in [5.74, 6) is -0.668. The van der Waals surface area contributed by atoms with Crippen molar-refractivity contribution in [2.24, 2.45) is 0 Å². The van der Waals surface area contributed by atoms with Crippen molar-refractivity contribution in [1.29, 1.82) is 0 Å². The highest BCUT2D eigenvalue weighted by atomic mass is 79.9. The molecular weight excluding hydrogens is 392 g/mol. The number of fused-ring (bicyclic) bond motifs is 1. The molecule has 1 amide bonds. The Hall–Kier alpha value is -2.12. The number of thiophene rings is 1. The molecule has 2 aromatic heterocycles. The van der Waals surface area contributed by atoms with Crippen LogP contribution in [0.4, 0.5) is 5.69 Å². The molecule has 0 aliphatic rings. The third-order valence-electron chi connectivity index (χ3n) is 3.60. The molecule has 0 bridgehead atoms. The predicted octanol–water partition coefficient (Wildman–Crippen LogP) is 4.20. The molecule has 0 saturated carbocycles. The van der Waals surface area contributed by atoms with Gasteiger partial charge >= 0.3 is 5.97 Å². The standard InChI is InChI=1S/C17H15BrN2O3S/c1-10-3-4-13(12(18)7-10)19-15(21)9-20-14(17(22)23-2)8-11-5-6-24-16(11)20/h3-8H,9H2,1-2H3,(H,19,21). The predicted molar refractivity (Wildman–Crippen MR) is 98.7 cm³/mol. The van der Waals surface area contributed by atoms with Gasteiger partial charge < -0.3 is 14.6 Å². The van der Waals surface area contributed by atoms with E-state index in [1.165, 1.54) is 18.4 Å². The number of ether oxygens (including phenoxy) is 1. The summed E-state index contributed by atoms with van der Waals surface area (Å²) in [7, 11) is 1.33. The second-order valence-corrected chi connectivity index (χ2v) is 7.07. The van der Waals surface area contributed by atoms with Crippen LogP contribution in [0.2, 0.25) is 0 Å². The van der Waals surface area contributed by atoms with E-state index in [4.69, 9.17) is 4.74 Å². The maximum atomic E-state index is 12.4. The van der Waals surface area contributed by atoms with Crippen LogP contribution < -0.4 is 5.32 Å². The fraction of sp³-hybridized carbons (Fsp3) is 0.176. The van der Waals surface area contributed by atoms with Gasteiger partial charge in [-0.1, -0.05) is 6.07 Å². The van der Waals surface area contributed by atoms with Crippen LogP contribution in [-0.4, -0.2) is 23.6 Å². The Balaban J connectivity index is 1.87. The molecule has 1 N–H and O–H groups in total. The molecule has 2 heterocycles. The van der Waals surface area contributed by atoms with Crippen molar-refractivity contribution in [3.8, 4) is 0 Å². The number of halogens is 1. The molecule has 5 nitrogen and oxygen atoms in total. The highest BCUT2D eigenvalue weighted by Crippen LogP contribution is 2.27. The van der Waals surface area contributed by atoms with Gasteiger partial charge in [-0.25, -0.2) is 4.79 Å². The van der Waals surface area contributed by atoms with Crippen molar-refractivity contribution in [2.75, 3.05) is 12.4 Å². The van der Waals surface area contributed by atoms with E-state index in [0.717, 1.165) is 20.3 Å². The second kappa shape index (κ2) is 6.78. The van der Waals surface area contributed by atoms with Gasteiger partial charge in [0, 0.05) is 9.86 Å². The van der Waals surface area contributed by atoms with Gasteiger partial charge in [-0.05, 0) is 58.1 Å². The number of aryl methyl sites for hydroxylation is 1. The first-order valence-corrected chi connectivity index (χ1v) is 8.88. The zero-order chi connectivity index (χ0) is 17.3. The quantitative estimate of drug-likeness (QED) is 0.660. The smallest absolute Gasteiger partial charge is 0.354 e. The van der Waals surface area contributed by atoms with Crippen molar-refractivity contribution < 1.29 is 14.3 Å². The monoisotopic (exact) mass is 406 g/mol. The number of nitrogens with one attached hydrogen (secondary N) is 1. The Labute approximate surface area is 151 Å². The van der Waals surface area contributed by atoms with Gasteiger partial charge in [0.15, 0.2) is 0 Å². The van der Waals surface area contributed by atoms with Gasteiger partial charge in [0.05, 0.1) is 12.8 Å². The number of amides is 1. The fourth-order valence-electron chi connectivity index (χ4n) is 2.46.